The van der Waals surface area contributed by atoms with Crippen molar-refractivity contribution in [2.45, 2.75) is 25.4 Å². The summed E-state index contributed by atoms with van der Waals surface area (Å²) >= 11 is 1.81. The van der Waals surface area contributed by atoms with Crippen LogP contribution in [0.4, 0.5) is 5.69 Å². The molecule has 1 atom stereocenters. The summed E-state index contributed by atoms with van der Waals surface area (Å²) in [4.78, 5) is 8.51. The molecule has 1 fully saturated rings. The first-order valence-electron chi connectivity index (χ1n) is 8.91. The fraction of sp³-hybridized carbons (Fsp3) is 0.286. The number of benzene rings is 2. The maximum atomic E-state index is 4.61. The van der Waals surface area contributed by atoms with Gasteiger partial charge in [0.15, 0.2) is 0 Å². The molecule has 3 aromatic rings. The van der Waals surface area contributed by atoms with Crippen LogP contribution in [-0.2, 0) is 6.54 Å². The average molecular weight is 350 g/mol. The Bertz CT molecular complexity index is 785. The first kappa shape index (κ1) is 16.3. The Morgan fingerprint density at radius 1 is 1.04 bits per heavy atom. The second kappa shape index (κ2) is 7.81. The number of anilines is 1. The molecule has 128 valence electrons. The predicted octanol–water partition coefficient (Wildman–Crippen LogP) is 4.89. The van der Waals surface area contributed by atoms with Gasteiger partial charge in [0.05, 0.1) is 0 Å². The molecule has 1 aliphatic rings. The molecule has 0 radical (unpaired) electrons. The van der Waals surface area contributed by atoms with Crippen molar-refractivity contribution >= 4 is 17.0 Å². The van der Waals surface area contributed by atoms with Gasteiger partial charge in [0.25, 0.3) is 0 Å². The molecule has 1 aliphatic heterocycles. The monoisotopic (exact) mass is 349 g/mol. The van der Waals surface area contributed by atoms with Crippen LogP contribution >= 0.6 is 11.3 Å². The SMILES string of the molecule is c1ccc(N[C@H]2CCCN(Cc3cnc(-c4ccccc4)s3)C2)cc1. The first-order chi connectivity index (χ1) is 12.4. The highest BCUT2D eigenvalue weighted by Gasteiger charge is 2.20. The van der Waals surface area contributed by atoms with E-state index in [0.717, 1.165) is 18.1 Å². The predicted molar refractivity (Wildman–Crippen MR) is 106 cm³/mol. The Kier molecular flexibility index (Phi) is 5.09. The smallest absolute Gasteiger partial charge is 0.123 e. The summed E-state index contributed by atoms with van der Waals surface area (Å²) < 4.78 is 0. The van der Waals surface area contributed by atoms with Crippen molar-refractivity contribution in [3.05, 3.63) is 71.7 Å². The number of nitrogens with one attached hydrogen (secondary N) is 1. The van der Waals surface area contributed by atoms with Crippen LogP contribution in [0.25, 0.3) is 10.6 Å². The summed E-state index contributed by atoms with van der Waals surface area (Å²) in [5, 5.41) is 4.79. The van der Waals surface area contributed by atoms with E-state index >= 15 is 0 Å². The molecule has 4 heteroatoms. The van der Waals surface area contributed by atoms with Crippen molar-refractivity contribution in [2.24, 2.45) is 0 Å². The number of para-hydroxylation sites is 1. The van der Waals surface area contributed by atoms with Gasteiger partial charge in [-0.25, -0.2) is 4.98 Å². The van der Waals surface area contributed by atoms with E-state index in [1.165, 1.54) is 35.5 Å². The summed E-state index contributed by atoms with van der Waals surface area (Å²) in [6, 6.07) is 21.5. The molecule has 4 rings (SSSR count). The maximum Gasteiger partial charge on any atom is 0.123 e. The lowest BCUT2D eigenvalue weighted by molar-refractivity contribution is 0.210. The molecular weight excluding hydrogens is 326 g/mol. The van der Waals surface area contributed by atoms with Gasteiger partial charge in [0.2, 0.25) is 0 Å². The number of rotatable bonds is 5. The van der Waals surface area contributed by atoms with Gasteiger partial charge in [-0.15, -0.1) is 11.3 Å². The third-order valence-corrected chi connectivity index (χ3v) is 5.63. The highest BCUT2D eigenvalue weighted by Crippen LogP contribution is 2.26. The molecular formula is C21H23N3S. The lowest BCUT2D eigenvalue weighted by Gasteiger charge is -2.33. The number of thiazole rings is 1. The number of aromatic nitrogens is 1. The van der Waals surface area contributed by atoms with Gasteiger partial charge >= 0.3 is 0 Å². The number of hydrogen-bond acceptors (Lipinski definition) is 4. The third kappa shape index (κ3) is 4.27. The Morgan fingerprint density at radius 3 is 2.60 bits per heavy atom. The maximum absolute atomic E-state index is 4.61. The van der Waals surface area contributed by atoms with E-state index in [1.807, 2.05) is 23.6 Å². The van der Waals surface area contributed by atoms with E-state index in [9.17, 15) is 0 Å². The molecule has 25 heavy (non-hydrogen) atoms. The van der Waals surface area contributed by atoms with E-state index in [0.29, 0.717) is 6.04 Å². The lowest BCUT2D eigenvalue weighted by Crippen LogP contribution is -2.41. The van der Waals surface area contributed by atoms with Crippen molar-refractivity contribution in [3.8, 4) is 10.6 Å². The molecule has 1 saturated heterocycles. The van der Waals surface area contributed by atoms with Crippen molar-refractivity contribution in [1.29, 1.82) is 0 Å². The Hall–Kier alpha value is -2.17. The van der Waals surface area contributed by atoms with Crippen LogP contribution < -0.4 is 5.32 Å². The van der Waals surface area contributed by atoms with Crippen LogP contribution in [0.5, 0.6) is 0 Å². The minimum atomic E-state index is 0.526. The summed E-state index contributed by atoms with van der Waals surface area (Å²) in [6.45, 7) is 3.26. The Morgan fingerprint density at radius 2 is 1.80 bits per heavy atom. The van der Waals surface area contributed by atoms with Crippen molar-refractivity contribution in [1.82, 2.24) is 9.88 Å². The molecule has 0 unspecified atom stereocenters. The van der Waals surface area contributed by atoms with Crippen molar-refractivity contribution < 1.29 is 0 Å². The summed E-state index contributed by atoms with van der Waals surface area (Å²) in [7, 11) is 0. The molecule has 0 spiro atoms. The molecule has 2 aromatic carbocycles. The second-order valence-corrected chi connectivity index (χ2v) is 7.70. The molecule has 3 nitrogen and oxygen atoms in total. The average Bonchev–Trinajstić information content (AvgIpc) is 3.12. The van der Waals surface area contributed by atoms with Crippen LogP contribution in [0.3, 0.4) is 0 Å². The van der Waals surface area contributed by atoms with E-state index in [-0.39, 0.29) is 0 Å². The van der Waals surface area contributed by atoms with Crippen LogP contribution in [-0.4, -0.2) is 29.0 Å². The van der Waals surface area contributed by atoms with E-state index in [1.54, 1.807) is 0 Å². The van der Waals surface area contributed by atoms with Gasteiger partial charge in [-0.3, -0.25) is 4.90 Å². The van der Waals surface area contributed by atoms with Crippen LogP contribution in [0.2, 0.25) is 0 Å². The zero-order valence-corrected chi connectivity index (χ0v) is 15.1. The lowest BCUT2D eigenvalue weighted by atomic mass is 10.1. The zero-order chi connectivity index (χ0) is 16.9. The minimum absolute atomic E-state index is 0.526. The van der Waals surface area contributed by atoms with Gasteiger partial charge in [0, 0.05) is 41.5 Å². The third-order valence-electron chi connectivity index (χ3n) is 4.60. The van der Waals surface area contributed by atoms with E-state index < -0.39 is 0 Å². The largest absolute Gasteiger partial charge is 0.381 e. The Labute approximate surface area is 153 Å². The molecule has 1 aromatic heterocycles. The number of nitrogens with zero attached hydrogens (tertiary/aromatic N) is 2. The highest BCUT2D eigenvalue weighted by molar-refractivity contribution is 7.15. The Balaban J connectivity index is 1.37. The molecule has 2 heterocycles. The summed E-state index contributed by atoms with van der Waals surface area (Å²) in [5.74, 6) is 0. The van der Waals surface area contributed by atoms with Crippen molar-refractivity contribution in [3.63, 3.8) is 0 Å². The standard InChI is InChI=1S/C21H23N3S/c1-3-8-17(9-4-1)21-22-14-20(25-21)16-24-13-7-12-19(15-24)23-18-10-5-2-6-11-18/h1-6,8-11,14,19,23H,7,12-13,15-16H2/t19-/m0/s1. The van der Waals surface area contributed by atoms with Gasteiger partial charge in [-0.2, -0.15) is 0 Å². The van der Waals surface area contributed by atoms with Gasteiger partial charge in [0.1, 0.15) is 5.01 Å². The van der Waals surface area contributed by atoms with Crippen LogP contribution in [0.1, 0.15) is 17.7 Å². The van der Waals surface area contributed by atoms with Gasteiger partial charge in [-0.1, -0.05) is 48.5 Å². The molecule has 0 bridgehead atoms. The molecule has 1 N–H and O–H groups in total. The number of piperidine rings is 1. The zero-order valence-electron chi connectivity index (χ0n) is 14.3. The highest BCUT2D eigenvalue weighted by atomic mass is 32.1. The number of hydrogen-bond donors (Lipinski definition) is 1. The molecule has 0 amide bonds. The molecule has 0 saturated carbocycles. The second-order valence-electron chi connectivity index (χ2n) is 6.58. The molecule has 0 aliphatic carbocycles. The minimum Gasteiger partial charge on any atom is -0.381 e. The van der Waals surface area contributed by atoms with E-state index in [2.05, 4.69) is 69.8 Å². The van der Waals surface area contributed by atoms with Crippen molar-refractivity contribution in [2.75, 3.05) is 18.4 Å². The number of likely N-dealkylation sites (tertiary alicyclic amines) is 1. The summed E-state index contributed by atoms with van der Waals surface area (Å²) in [6.07, 6.45) is 4.53. The fourth-order valence-electron chi connectivity index (χ4n) is 3.40. The van der Waals surface area contributed by atoms with Gasteiger partial charge < -0.3 is 5.32 Å². The van der Waals surface area contributed by atoms with E-state index in [4.69, 9.17) is 0 Å². The normalized spacial score (nSPS) is 18.2. The van der Waals surface area contributed by atoms with Gasteiger partial charge in [-0.05, 0) is 31.5 Å². The topological polar surface area (TPSA) is 28.2 Å². The quantitative estimate of drug-likeness (QED) is 0.711. The first-order valence-corrected chi connectivity index (χ1v) is 9.72. The summed E-state index contributed by atoms with van der Waals surface area (Å²) in [5.41, 5.74) is 2.43. The van der Waals surface area contributed by atoms with Crippen LogP contribution in [0, 0.1) is 0 Å². The van der Waals surface area contributed by atoms with Crippen LogP contribution in [0.15, 0.2) is 66.9 Å². The fourth-order valence-corrected chi connectivity index (χ4v) is 4.36.